The van der Waals surface area contributed by atoms with E-state index in [0.29, 0.717) is 47.4 Å². The minimum atomic E-state index is -0.618. The maximum atomic E-state index is 9.95. The summed E-state index contributed by atoms with van der Waals surface area (Å²) in [6.07, 6.45) is -0.618. The first-order chi connectivity index (χ1) is 11.5. The maximum Gasteiger partial charge on any atom is 0.120 e. The molecule has 24 heavy (non-hydrogen) atoms. The average Bonchev–Trinajstić information content (AvgIpc) is 2.54. The molecular weight excluding hydrogens is 351 g/mol. The standard InChI is InChI=1S/C17H20Cl2N2O3/c18-13-1-3-16(23)11(5-13)7-20-9-15(22)10-21-8-12-6-14(19)2-4-17(12)24/h1-6,15,20-24H,7-10H2. The molecule has 0 radical (unpaired) electrons. The molecule has 130 valence electrons. The summed E-state index contributed by atoms with van der Waals surface area (Å²) in [6, 6.07) is 9.66. The number of halogens is 2. The molecule has 0 saturated heterocycles. The van der Waals surface area contributed by atoms with Crippen molar-refractivity contribution >= 4 is 23.2 Å². The molecule has 0 amide bonds. The van der Waals surface area contributed by atoms with Crippen LogP contribution in [0.1, 0.15) is 11.1 Å². The summed E-state index contributed by atoms with van der Waals surface area (Å²) >= 11 is 11.8. The third-order valence-electron chi connectivity index (χ3n) is 3.47. The number of benzene rings is 2. The van der Waals surface area contributed by atoms with Crippen molar-refractivity contribution in [1.82, 2.24) is 10.6 Å². The lowest BCUT2D eigenvalue weighted by Crippen LogP contribution is -2.35. The van der Waals surface area contributed by atoms with Crippen LogP contribution in [0, 0.1) is 0 Å². The Kier molecular flexibility index (Phi) is 7.15. The second-order valence-corrected chi connectivity index (χ2v) is 6.33. The second kappa shape index (κ2) is 9.11. The Morgan fingerprint density at radius 1 is 0.792 bits per heavy atom. The molecule has 0 heterocycles. The van der Waals surface area contributed by atoms with Gasteiger partial charge in [-0.05, 0) is 36.4 Å². The maximum absolute atomic E-state index is 9.95. The average molecular weight is 371 g/mol. The highest BCUT2D eigenvalue weighted by molar-refractivity contribution is 6.31. The number of nitrogens with one attached hydrogen (secondary N) is 2. The van der Waals surface area contributed by atoms with Crippen LogP contribution in [0.5, 0.6) is 11.5 Å². The van der Waals surface area contributed by atoms with Gasteiger partial charge in [-0.3, -0.25) is 0 Å². The van der Waals surface area contributed by atoms with E-state index in [1.54, 1.807) is 24.3 Å². The van der Waals surface area contributed by atoms with E-state index in [2.05, 4.69) is 10.6 Å². The molecule has 0 fully saturated rings. The number of aliphatic hydroxyl groups is 1. The summed E-state index contributed by atoms with van der Waals surface area (Å²) in [7, 11) is 0. The molecule has 0 saturated carbocycles. The first kappa shape index (κ1) is 18.8. The van der Waals surface area contributed by atoms with Gasteiger partial charge in [-0.15, -0.1) is 0 Å². The second-order valence-electron chi connectivity index (χ2n) is 5.46. The minimum absolute atomic E-state index is 0.163. The van der Waals surface area contributed by atoms with Crippen molar-refractivity contribution in [2.75, 3.05) is 13.1 Å². The van der Waals surface area contributed by atoms with Crippen molar-refractivity contribution in [3.63, 3.8) is 0 Å². The third-order valence-corrected chi connectivity index (χ3v) is 3.94. The fourth-order valence-corrected chi connectivity index (χ4v) is 2.60. The normalized spacial score (nSPS) is 11.2. The number of phenolic OH excluding ortho intramolecular Hbond substituents is 2. The van der Waals surface area contributed by atoms with E-state index in [1.165, 1.54) is 12.1 Å². The van der Waals surface area contributed by atoms with Crippen LogP contribution < -0.4 is 10.6 Å². The Morgan fingerprint density at radius 2 is 1.21 bits per heavy atom. The van der Waals surface area contributed by atoms with E-state index >= 15 is 0 Å². The lowest BCUT2D eigenvalue weighted by molar-refractivity contribution is 0.167. The number of hydrogen-bond acceptors (Lipinski definition) is 5. The molecule has 0 spiro atoms. The Balaban J connectivity index is 1.71. The van der Waals surface area contributed by atoms with E-state index in [1.807, 2.05) is 0 Å². The van der Waals surface area contributed by atoms with Gasteiger partial charge in [0.15, 0.2) is 0 Å². The Labute approximate surface area is 150 Å². The lowest BCUT2D eigenvalue weighted by Gasteiger charge is -2.14. The van der Waals surface area contributed by atoms with Gasteiger partial charge in [0.1, 0.15) is 11.5 Å². The van der Waals surface area contributed by atoms with Gasteiger partial charge < -0.3 is 26.0 Å². The number of aliphatic hydroxyl groups excluding tert-OH is 1. The molecule has 5 nitrogen and oxygen atoms in total. The van der Waals surface area contributed by atoms with Crippen LogP contribution in [-0.2, 0) is 13.1 Å². The van der Waals surface area contributed by atoms with Gasteiger partial charge in [0.05, 0.1) is 6.10 Å². The molecule has 0 atom stereocenters. The van der Waals surface area contributed by atoms with Crippen LogP contribution in [0.2, 0.25) is 10.0 Å². The van der Waals surface area contributed by atoms with Gasteiger partial charge in [0, 0.05) is 47.4 Å². The van der Waals surface area contributed by atoms with Crippen LogP contribution in [0.4, 0.5) is 0 Å². The summed E-state index contributed by atoms with van der Waals surface area (Å²) in [4.78, 5) is 0. The molecule has 0 aromatic heterocycles. The Bertz CT molecular complexity index is 625. The van der Waals surface area contributed by atoms with Gasteiger partial charge in [-0.25, -0.2) is 0 Å². The summed E-state index contributed by atoms with van der Waals surface area (Å²) < 4.78 is 0. The molecule has 2 aromatic rings. The number of rotatable bonds is 8. The van der Waals surface area contributed by atoms with Gasteiger partial charge in [0.2, 0.25) is 0 Å². The quantitative estimate of drug-likeness (QED) is 0.493. The van der Waals surface area contributed by atoms with Gasteiger partial charge in [-0.2, -0.15) is 0 Å². The van der Waals surface area contributed by atoms with Crippen LogP contribution in [0.3, 0.4) is 0 Å². The van der Waals surface area contributed by atoms with Crippen molar-refractivity contribution in [3.8, 4) is 11.5 Å². The molecule has 0 bridgehead atoms. The van der Waals surface area contributed by atoms with Crippen molar-refractivity contribution in [2.24, 2.45) is 0 Å². The monoisotopic (exact) mass is 370 g/mol. The predicted molar refractivity (Wildman–Crippen MR) is 95.7 cm³/mol. The zero-order valence-electron chi connectivity index (χ0n) is 13.0. The van der Waals surface area contributed by atoms with Crippen molar-refractivity contribution in [2.45, 2.75) is 19.2 Å². The van der Waals surface area contributed by atoms with E-state index in [0.717, 1.165) is 0 Å². The molecule has 2 aromatic carbocycles. The molecule has 0 unspecified atom stereocenters. The van der Waals surface area contributed by atoms with Gasteiger partial charge in [-0.1, -0.05) is 23.2 Å². The minimum Gasteiger partial charge on any atom is -0.508 e. The lowest BCUT2D eigenvalue weighted by atomic mass is 10.2. The Morgan fingerprint density at radius 3 is 1.62 bits per heavy atom. The number of aromatic hydroxyl groups is 2. The fraction of sp³-hybridized carbons (Fsp3) is 0.294. The third kappa shape index (κ3) is 5.85. The zero-order valence-corrected chi connectivity index (χ0v) is 14.5. The summed E-state index contributed by atoms with van der Waals surface area (Å²) in [5.74, 6) is 0.326. The molecule has 5 N–H and O–H groups in total. The summed E-state index contributed by atoms with van der Waals surface area (Å²) in [5, 5.41) is 36.6. The van der Waals surface area contributed by atoms with Gasteiger partial charge in [0.25, 0.3) is 0 Å². The van der Waals surface area contributed by atoms with Gasteiger partial charge >= 0.3 is 0 Å². The van der Waals surface area contributed by atoms with E-state index in [4.69, 9.17) is 23.2 Å². The van der Waals surface area contributed by atoms with Crippen LogP contribution in [0.15, 0.2) is 36.4 Å². The highest BCUT2D eigenvalue weighted by atomic mass is 35.5. The van der Waals surface area contributed by atoms with Crippen molar-refractivity contribution < 1.29 is 15.3 Å². The van der Waals surface area contributed by atoms with Crippen LogP contribution >= 0.6 is 23.2 Å². The van der Waals surface area contributed by atoms with Crippen LogP contribution in [-0.4, -0.2) is 34.5 Å². The molecule has 7 heteroatoms. The van der Waals surface area contributed by atoms with E-state index in [-0.39, 0.29) is 11.5 Å². The topological polar surface area (TPSA) is 84.8 Å². The largest absolute Gasteiger partial charge is 0.508 e. The SMILES string of the molecule is Oc1ccc(Cl)cc1CNCC(O)CNCc1cc(Cl)ccc1O. The molecule has 2 rings (SSSR count). The predicted octanol–water partition coefficient (Wildman–Crippen LogP) is 2.64. The molecule has 0 aliphatic rings. The van der Waals surface area contributed by atoms with Crippen LogP contribution in [0.25, 0.3) is 0 Å². The highest BCUT2D eigenvalue weighted by Gasteiger charge is 2.07. The summed E-state index contributed by atoms with van der Waals surface area (Å²) in [5.41, 5.74) is 1.35. The Hall–Kier alpha value is -1.50. The number of hydrogen-bond donors (Lipinski definition) is 5. The fourth-order valence-electron chi connectivity index (χ4n) is 2.21. The van der Waals surface area contributed by atoms with E-state index in [9.17, 15) is 15.3 Å². The molecule has 0 aliphatic heterocycles. The van der Waals surface area contributed by atoms with Crippen molar-refractivity contribution in [1.29, 1.82) is 0 Å². The first-order valence-corrected chi connectivity index (χ1v) is 8.25. The first-order valence-electron chi connectivity index (χ1n) is 7.50. The molecule has 0 aliphatic carbocycles. The molecular formula is C17H20Cl2N2O3. The smallest absolute Gasteiger partial charge is 0.120 e. The highest BCUT2D eigenvalue weighted by Crippen LogP contribution is 2.22. The number of phenols is 2. The van der Waals surface area contributed by atoms with Crippen molar-refractivity contribution in [3.05, 3.63) is 57.6 Å². The summed E-state index contributed by atoms with van der Waals surface area (Å²) in [6.45, 7) is 1.50. The van der Waals surface area contributed by atoms with E-state index < -0.39 is 6.10 Å². The zero-order chi connectivity index (χ0) is 17.5.